The second-order valence-corrected chi connectivity index (χ2v) is 2.76. The third-order valence-electron chi connectivity index (χ3n) is 1.34. The highest BCUT2D eigenvalue weighted by atomic mass is 32.1. The average molecular weight is 185 g/mol. The minimum Gasteiger partial charge on any atom is -0.357 e. The number of thiocarbonyl (C=S) groups is 1. The smallest absolute Gasteiger partial charge is 0.180 e. The number of hydrogen-bond donors (Lipinski definition) is 3. The van der Waals surface area contributed by atoms with Gasteiger partial charge in [-0.15, -0.1) is 0 Å². The van der Waals surface area contributed by atoms with Gasteiger partial charge in [-0.1, -0.05) is 0 Å². The molecule has 0 aliphatic carbocycles. The zero-order chi connectivity index (χ0) is 8.97. The van der Waals surface area contributed by atoms with Crippen LogP contribution in [0.2, 0.25) is 0 Å². The number of nitrogens with two attached hydrogens (primary N) is 1. The normalized spacial score (nSPS) is 9.50. The van der Waals surface area contributed by atoms with Crippen LogP contribution in [0.25, 0.3) is 0 Å². The van der Waals surface area contributed by atoms with Gasteiger partial charge in [0, 0.05) is 25.4 Å². The van der Waals surface area contributed by atoms with Crippen LogP contribution in [0.1, 0.15) is 5.56 Å². The van der Waals surface area contributed by atoms with Gasteiger partial charge < -0.3 is 10.7 Å². The Labute approximate surface area is 75.9 Å². The molecule has 0 unspecified atom stereocenters. The molecule has 6 heteroatoms. The van der Waals surface area contributed by atoms with Gasteiger partial charge in [0.25, 0.3) is 0 Å². The molecule has 0 saturated carbocycles. The van der Waals surface area contributed by atoms with E-state index in [1.54, 1.807) is 10.9 Å². The van der Waals surface area contributed by atoms with E-state index in [1.165, 1.54) is 0 Å². The summed E-state index contributed by atoms with van der Waals surface area (Å²) in [6.07, 6.45) is 3.68. The van der Waals surface area contributed by atoms with E-state index in [-0.39, 0.29) is 0 Å². The Morgan fingerprint density at radius 3 is 3.08 bits per heavy atom. The van der Waals surface area contributed by atoms with Crippen LogP contribution in [-0.2, 0) is 13.6 Å². The molecule has 0 fully saturated rings. The Morgan fingerprint density at radius 1 is 1.83 bits per heavy atom. The molecule has 0 saturated heterocycles. The third kappa shape index (κ3) is 2.48. The maximum atomic E-state index is 5.07. The standard InChI is InChI=1S/C6H11N5S/c1-11-4-5(3-9-11)2-8-6(12)10-7/h3-4H,2,7H2,1H3,(H2,8,10,12). The fourth-order valence-electron chi connectivity index (χ4n) is 0.797. The molecule has 0 bridgehead atoms. The molecule has 0 aromatic carbocycles. The molecule has 0 atom stereocenters. The van der Waals surface area contributed by atoms with E-state index in [4.69, 9.17) is 18.1 Å². The topological polar surface area (TPSA) is 67.9 Å². The van der Waals surface area contributed by atoms with Crippen molar-refractivity contribution in [2.24, 2.45) is 12.9 Å². The van der Waals surface area contributed by atoms with E-state index >= 15 is 0 Å². The van der Waals surface area contributed by atoms with Crippen LogP contribution >= 0.6 is 12.2 Å². The van der Waals surface area contributed by atoms with E-state index in [0.29, 0.717) is 11.7 Å². The van der Waals surface area contributed by atoms with Gasteiger partial charge in [-0.25, -0.2) is 5.84 Å². The molecule has 1 aromatic heterocycles. The van der Waals surface area contributed by atoms with Crippen molar-refractivity contribution in [2.75, 3.05) is 0 Å². The van der Waals surface area contributed by atoms with E-state index in [1.807, 2.05) is 13.2 Å². The maximum absolute atomic E-state index is 5.07. The summed E-state index contributed by atoms with van der Waals surface area (Å²) in [5.74, 6) is 5.07. The number of hydrazine groups is 1. The highest BCUT2D eigenvalue weighted by molar-refractivity contribution is 7.80. The van der Waals surface area contributed by atoms with Crippen LogP contribution in [-0.4, -0.2) is 14.9 Å². The lowest BCUT2D eigenvalue weighted by Gasteiger charge is -2.03. The van der Waals surface area contributed by atoms with Gasteiger partial charge in [-0.05, 0) is 12.2 Å². The van der Waals surface area contributed by atoms with Gasteiger partial charge in [-0.3, -0.25) is 4.68 Å². The number of rotatable bonds is 2. The molecule has 1 aromatic rings. The van der Waals surface area contributed by atoms with Gasteiger partial charge in [0.2, 0.25) is 0 Å². The monoisotopic (exact) mass is 185 g/mol. The molecule has 12 heavy (non-hydrogen) atoms. The predicted molar refractivity (Wildman–Crippen MR) is 50.0 cm³/mol. The molecule has 1 rings (SSSR count). The molecule has 1 heterocycles. The largest absolute Gasteiger partial charge is 0.357 e. The summed E-state index contributed by atoms with van der Waals surface area (Å²) < 4.78 is 1.73. The van der Waals surface area contributed by atoms with Crippen molar-refractivity contribution in [3.63, 3.8) is 0 Å². The SMILES string of the molecule is Cn1cc(CNC(=S)NN)cn1. The molecule has 0 spiro atoms. The molecule has 4 N–H and O–H groups in total. The summed E-state index contributed by atoms with van der Waals surface area (Å²) in [7, 11) is 1.86. The predicted octanol–water partition coefficient (Wildman–Crippen LogP) is -0.742. The lowest BCUT2D eigenvalue weighted by atomic mass is 10.4. The van der Waals surface area contributed by atoms with Crippen molar-refractivity contribution in [3.05, 3.63) is 18.0 Å². The van der Waals surface area contributed by atoms with Crippen LogP contribution in [0.5, 0.6) is 0 Å². The van der Waals surface area contributed by atoms with Crippen molar-refractivity contribution < 1.29 is 0 Å². The zero-order valence-corrected chi connectivity index (χ0v) is 7.56. The summed E-state index contributed by atoms with van der Waals surface area (Å²) in [6.45, 7) is 0.636. The quantitative estimate of drug-likeness (QED) is 0.321. The van der Waals surface area contributed by atoms with E-state index in [9.17, 15) is 0 Å². The van der Waals surface area contributed by atoms with E-state index < -0.39 is 0 Å². The van der Waals surface area contributed by atoms with Crippen LogP contribution < -0.4 is 16.6 Å². The number of aromatic nitrogens is 2. The lowest BCUT2D eigenvalue weighted by Crippen LogP contribution is -2.39. The molecular weight excluding hydrogens is 174 g/mol. The molecule has 66 valence electrons. The van der Waals surface area contributed by atoms with Crippen molar-refractivity contribution in [1.82, 2.24) is 20.5 Å². The molecular formula is C6H11N5S. The van der Waals surface area contributed by atoms with Gasteiger partial charge in [-0.2, -0.15) is 5.10 Å². The van der Waals surface area contributed by atoms with Crippen molar-refractivity contribution >= 4 is 17.3 Å². The van der Waals surface area contributed by atoms with Gasteiger partial charge in [0.05, 0.1) is 6.20 Å². The second-order valence-electron chi connectivity index (χ2n) is 2.35. The minimum absolute atomic E-state index is 0.429. The molecule has 0 radical (unpaired) electrons. The lowest BCUT2D eigenvalue weighted by molar-refractivity contribution is 0.766. The Kier molecular flexibility index (Phi) is 3.01. The highest BCUT2D eigenvalue weighted by Crippen LogP contribution is 1.93. The zero-order valence-electron chi connectivity index (χ0n) is 6.74. The van der Waals surface area contributed by atoms with Crippen LogP contribution in [0.4, 0.5) is 0 Å². The van der Waals surface area contributed by atoms with Crippen LogP contribution in [0, 0.1) is 0 Å². The average Bonchev–Trinajstić information content (AvgIpc) is 2.47. The molecule has 0 aliphatic heterocycles. The number of nitrogens with one attached hydrogen (secondary N) is 2. The maximum Gasteiger partial charge on any atom is 0.180 e. The van der Waals surface area contributed by atoms with Crippen molar-refractivity contribution in [2.45, 2.75) is 6.54 Å². The summed E-state index contributed by atoms with van der Waals surface area (Å²) in [6, 6.07) is 0. The van der Waals surface area contributed by atoms with E-state index in [2.05, 4.69) is 15.8 Å². The third-order valence-corrected chi connectivity index (χ3v) is 1.60. The summed E-state index contributed by atoms with van der Waals surface area (Å²) in [4.78, 5) is 0. The van der Waals surface area contributed by atoms with Crippen LogP contribution in [0.3, 0.4) is 0 Å². The first kappa shape index (κ1) is 8.95. The fourth-order valence-corrected chi connectivity index (χ4v) is 0.869. The summed E-state index contributed by atoms with van der Waals surface area (Å²) in [5.41, 5.74) is 3.40. The first-order valence-corrected chi connectivity index (χ1v) is 3.85. The van der Waals surface area contributed by atoms with Gasteiger partial charge in [0.1, 0.15) is 0 Å². The first-order valence-electron chi connectivity index (χ1n) is 3.44. The minimum atomic E-state index is 0.429. The van der Waals surface area contributed by atoms with Crippen LogP contribution in [0.15, 0.2) is 12.4 Å². The summed E-state index contributed by atoms with van der Waals surface area (Å²) in [5, 5.41) is 7.34. The number of nitrogens with zero attached hydrogens (tertiary/aromatic N) is 2. The highest BCUT2D eigenvalue weighted by Gasteiger charge is 1.95. The second kappa shape index (κ2) is 4.03. The van der Waals surface area contributed by atoms with Gasteiger partial charge >= 0.3 is 0 Å². The number of hydrogen-bond acceptors (Lipinski definition) is 3. The van der Waals surface area contributed by atoms with E-state index in [0.717, 1.165) is 5.56 Å². The molecule has 5 nitrogen and oxygen atoms in total. The van der Waals surface area contributed by atoms with Crippen molar-refractivity contribution in [1.29, 1.82) is 0 Å². The fraction of sp³-hybridized carbons (Fsp3) is 0.333. The Bertz CT molecular complexity index is 269. The number of aryl methyl sites for hydroxylation is 1. The van der Waals surface area contributed by atoms with Crippen molar-refractivity contribution in [3.8, 4) is 0 Å². The molecule has 0 amide bonds. The summed E-state index contributed by atoms with van der Waals surface area (Å²) >= 11 is 4.79. The Balaban J connectivity index is 2.38. The Hall–Kier alpha value is -1.14. The first-order chi connectivity index (χ1) is 5.72. The molecule has 0 aliphatic rings. The van der Waals surface area contributed by atoms with Gasteiger partial charge in [0.15, 0.2) is 5.11 Å². The Morgan fingerprint density at radius 2 is 2.58 bits per heavy atom.